The van der Waals surface area contributed by atoms with Gasteiger partial charge in [-0.15, -0.1) is 21.5 Å². The Labute approximate surface area is 182 Å². The Morgan fingerprint density at radius 2 is 2.10 bits per heavy atom. The molecule has 3 amide bonds. The minimum Gasteiger partial charge on any atom is -0.420 e. The van der Waals surface area contributed by atoms with Crippen LogP contribution in [-0.2, 0) is 11.2 Å². The third-order valence-electron chi connectivity index (χ3n) is 5.60. The Morgan fingerprint density at radius 3 is 2.90 bits per heavy atom. The lowest BCUT2D eigenvalue weighted by molar-refractivity contribution is -0.129. The molecule has 2 aliphatic rings. The number of urea groups is 1. The van der Waals surface area contributed by atoms with Gasteiger partial charge >= 0.3 is 6.03 Å². The second-order valence-electron chi connectivity index (χ2n) is 7.69. The second-order valence-corrected chi connectivity index (χ2v) is 8.64. The number of thiophene rings is 1. The highest BCUT2D eigenvalue weighted by atomic mass is 32.1. The summed E-state index contributed by atoms with van der Waals surface area (Å²) >= 11 is 1.55. The van der Waals surface area contributed by atoms with Gasteiger partial charge in [0.1, 0.15) is 0 Å². The Balaban J connectivity index is 1.22. The molecule has 0 saturated carbocycles. The number of carbonyl (C=O) groups is 2. The van der Waals surface area contributed by atoms with Gasteiger partial charge in [0, 0.05) is 37.3 Å². The molecule has 0 radical (unpaired) electrons. The zero-order chi connectivity index (χ0) is 21.2. The standard InChI is InChI=1S/C21H22N6O3S/c28-19-16-9-14(24-21(29)23-13-5-2-1-3-6-13)12-27(16)15(11-22-19)10-18-25-26-20(30-18)17-7-4-8-31-17/h1-8,14-16H,9-12H2,(H,22,28)(H2,23,24,29)/t14-,15+,16-/m0/s1. The molecule has 3 N–H and O–H groups in total. The van der Waals surface area contributed by atoms with E-state index in [0.717, 1.165) is 10.6 Å². The van der Waals surface area contributed by atoms with Crippen LogP contribution in [0.15, 0.2) is 52.3 Å². The number of fused-ring (bicyclic) bond motifs is 1. The van der Waals surface area contributed by atoms with Crippen molar-refractivity contribution in [2.75, 3.05) is 18.4 Å². The lowest BCUT2D eigenvalue weighted by atomic mass is 10.1. The maximum absolute atomic E-state index is 12.4. The van der Waals surface area contributed by atoms with E-state index < -0.39 is 0 Å². The molecule has 9 nitrogen and oxygen atoms in total. The molecule has 2 aromatic heterocycles. The smallest absolute Gasteiger partial charge is 0.319 e. The molecule has 10 heteroatoms. The van der Waals surface area contributed by atoms with Gasteiger partial charge < -0.3 is 20.4 Å². The van der Waals surface area contributed by atoms with Crippen LogP contribution >= 0.6 is 11.3 Å². The highest BCUT2D eigenvalue weighted by Crippen LogP contribution is 2.27. The van der Waals surface area contributed by atoms with Gasteiger partial charge in [0.25, 0.3) is 5.89 Å². The van der Waals surface area contributed by atoms with Crippen LogP contribution in [0.25, 0.3) is 10.8 Å². The Hall–Kier alpha value is -3.24. The quantitative estimate of drug-likeness (QED) is 0.562. The van der Waals surface area contributed by atoms with Gasteiger partial charge in [-0.2, -0.15) is 0 Å². The summed E-state index contributed by atoms with van der Waals surface area (Å²) < 4.78 is 5.83. The predicted octanol–water partition coefficient (Wildman–Crippen LogP) is 2.10. The highest BCUT2D eigenvalue weighted by Gasteiger charge is 2.44. The van der Waals surface area contributed by atoms with E-state index in [9.17, 15) is 9.59 Å². The summed E-state index contributed by atoms with van der Waals surface area (Å²) in [6.45, 7) is 1.10. The number of anilines is 1. The van der Waals surface area contributed by atoms with Gasteiger partial charge in [-0.1, -0.05) is 24.3 Å². The highest BCUT2D eigenvalue weighted by molar-refractivity contribution is 7.13. The van der Waals surface area contributed by atoms with Crippen LogP contribution in [-0.4, -0.2) is 58.3 Å². The lowest BCUT2D eigenvalue weighted by Crippen LogP contribution is -2.58. The first kappa shape index (κ1) is 19.7. The average Bonchev–Trinajstić information content (AvgIpc) is 3.51. The van der Waals surface area contributed by atoms with Crippen molar-refractivity contribution in [3.63, 3.8) is 0 Å². The third kappa shape index (κ3) is 4.30. The summed E-state index contributed by atoms with van der Waals surface area (Å²) in [5.41, 5.74) is 0.726. The van der Waals surface area contributed by atoms with E-state index in [-0.39, 0.29) is 30.1 Å². The molecule has 0 unspecified atom stereocenters. The van der Waals surface area contributed by atoms with Crippen LogP contribution in [0.2, 0.25) is 0 Å². The number of rotatable bonds is 5. The van der Waals surface area contributed by atoms with Crippen LogP contribution in [0, 0.1) is 0 Å². The Kier molecular flexibility index (Phi) is 5.39. The summed E-state index contributed by atoms with van der Waals surface area (Å²) in [7, 11) is 0. The molecule has 2 fully saturated rings. The van der Waals surface area contributed by atoms with Crippen LogP contribution in [0.3, 0.4) is 0 Å². The van der Waals surface area contributed by atoms with Crippen LogP contribution < -0.4 is 16.0 Å². The summed E-state index contributed by atoms with van der Waals surface area (Å²) in [5, 5.41) is 19.1. The molecule has 2 aliphatic heterocycles. The maximum Gasteiger partial charge on any atom is 0.319 e. The number of aromatic nitrogens is 2. The monoisotopic (exact) mass is 438 g/mol. The number of nitrogens with zero attached hydrogens (tertiary/aromatic N) is 3. The summed E-state index contributed by atoms with van der Waals surface area (Å²) in [6.07, 6.45) is 1.10. The topological polar surface area (TPSA) is 112 Å². The van der Waals surface area contributed by atoms with Crippen molar-refractivity contribution in [2.24, 2.45) is 0 Å². The van der Waals surface area contributed by atoms with Gasteiger partial charge in [-0.25, -0.2) is 4.79 Å². The molecular weight excluding hydrogens is 416 g/mol. The first-order valence-electron chi connectivity index (χ1n) is 10.2. The zero-order valence-corrected chi connectivity index (χ0v) is 17.5. The molecule has 0 aliphatic carbocycles. The molecule has 3 atom stereocenters. The first-order valence-corrected chi connectivity index (χ1v) is 11.1. The fourth-order valence-electron chi connectivity index (χ4n) is 4.18. The maximum atomic E-state index is 12.4. The minimum atomic E-state index is -0.277. The lowest BCUT2D eigenvalue weighted by Gasteiger charge is -2.36. The van der Waals surface area contributed by atoms with Crippen molar-refractivity contribution in [1.29, 1.82) is 0 Å². The van der Waals surface area contributed by atoms with Crippen molar-refractivity contribution in [3.05, 3.63) is 53.7 Å². The van der Waals surface area contributed by atoms with Gasteiger partial charge in [-0.3, -0.25) is 9.69 Å². The number of hydrogen-bond acceptors (Lipinski definition) is 7. The molecule has 4 heterocycles. The number of amides is 3. The first-order chi connectivity index (χ1) is 15.2. The molecule has 3 aromatic rings. The van der Waals surface area contributed by atoms with Gasteiger partial charge in [0.2, 0.25) is 11.8 Å². The fourth-order valence-corrected chi connectivity index (χ4v) is 4.83. The zero-order valence-electron chi connectivity index (χ0n) is 16.7. The molecular formula is C21H22N6O3S. The molecule has 160 valence electrons. The van der Waals surface area contributed by atoms with Crippen molar-refractivity contribution in [2.45, 2.75) is 31.0 Å². The third-order valence-corrected chi connectivity index (χ3v) is 6.46. The van der Waals surface area contributed by atoms with E-state index in [1.165, 1.54) is 0 Å². The van der Waals surface area contributed by atoms with E-state index in [2.05, 4.69) is 31.0 Å². The van der Waals surface area contributed by atoms with Gasteiger partial charge in [0.05, 0.1) is 10.9 Å². The number of benzene rings is 1. The SMILES string of the molecule is O=C(Nc1ccccc1)N[C@H]1C[C@H]2C(=O)NC[C@@H](Cc3nnc(-c4cccs4)o3)N2C1. The van der Waals surface area contributed by atoms with Gasteiger partial charge in [0.15, 0.2) is 0 Å². The second kappa shape index (κ2) is 8.48. The number of nitrogens with one attached hydrogen (secondary N) is 3. The summed E-state index contributed by atoms with van der Waals surface area (Å²) in [4.78, 5) is 27.9. The average molecular weight is 439 g/mol. The Morgan fingerprint density at radius 1 is 1.23 bits per heavy atom. The molecule has 2 saturated heterocycles. The van der Waals surface area contributed by atoms with Crippen molar-refractivity contribution in [3.8, 4) is 10.8 Å². The number of carbonyl (C=O) groups excluding carboxylic acids is 2. The van der Waals surface area contributed by atoms with E-state index in [1.807, 2.05) is 47.8 Å². The molecule has 1 aromatic carbocycles. The molecule has 0 spiro atoms. The molecule has 31 heavy (non-hydrogen) atoms. The number of para-hydroxylation sites is 1. The predicted molar refractivity (Wildman–Crippen MR) is 116 cm³/mol. The largest absolute Gasteiger partial charge is 0.420 e. The normalized spacial score (nSPS) is 23.2. The summed E-state index contributed by atoms with van der Waals surface area (Å²) in [6, 6.07) is 12.5. The molecule has 5 rings (SSSR count). The van der Waals surface area contributed by atoms with Crippen LogP contribution in [0.1, 0.15) is 12.3 Å². The van der Waals surface area contributed by atoms with E-state index in [4.69, 9.17) is 4.42 Å². The van der Waals surface area contributed by atoms with Crippen molar-refractivity contribution >= 4 is 29.0 Å². The number of piperazine rings is 1. The van der Waals surface area contributed by atoms with Crippen LogP contribution in [0.4, 0.5) is 10.5 Å². The van der Waals surface area contributed by atoms with Gasteiger partial charge in [-0.05, 0) is 30.0 Å². The number of hydrogen-bond donors (Lipinski definition) is 3. The van der Waals surface area contributed by atoms with E-state index in [0.29, 0.717) is 37.7 Å². The van der Waals surface area contributed by atoms with Crippen molar-refractivity contribution in [1.82, 2.24) is 25.7 Å². The molecule has 0 bridgehead atoms. The fraction of sp³-hybridized carbons (Fsp3) is 0.333. The summed E-state index contributed by atoms with van der Waals surface area (Å²) in [5.74, 6) is 1.05. The van der Waals surface area contributed by atoms with Crippen LogP contribution in [0.5, 0.6) is 0 Å². The Bertz CT molecular complexity index is 1050. The van der Waals surface area contributed by atoms with Crippen molar-refractivity contribution < 1.29 is 14.0 Å². The minimum absolute atomic E-state index is 0.00572. The van der Waals surface area contributed by atoms with E-state index in [1.54, 1.807) is 11.3 Å². The van der Waals surface area contributed by atoms with E-state index >= 15 is 0 Å².